The van der Waals surface area contributed by atoms with Gasteiger partial charge in [0.1, 0.15) is 17.3 Å². The SMILES string of the molecule is N#Cc1cccc(C#CC(=O)Nc2cc(-c3ncc(C(F)(F)F)[nH]3)ccc2OCCCN2CCN(C=O)CC2)c1. The fourth-order valence-electron chi connectivity index (χ4n) is 4.02. The van der Waals surface area contributed by atoms with Gasteiger partial charge in [0.2, 0.25) is 6.41 Å². The maximum absolute atomic E-state index is 13.0. The number of hydrogen-bond donors (Lipinski definition) is 2. The van der Waals surface area contributed by atoms with Gasteiger partial charge in [0.25, 0.3) is 0 Å². The predicted octanol–water partition coefficient (Wildman–Crippen LogP) is 3.50. The Balaban J connectivity index is 1.47. The van der Waals surface area contributed by atoms with E-state index in [0.29, 0.717) is 54.8 Å². The van der Waals surface area contributed by atoms with E-state index in [4.69, 9.17) is 10.00 Å². The van der Waals surface area contributed by atoms with Crippen LogP contribution in [0.3, 0.4) is 0 Å². The molecule has 0 atom stereocenters. The van der Waals surface area contributed by atoms with Crippen LogP contribution in [0, 0.1) is 23.2 Å². The highest BCUT2D eigenvalue weighted by Crippen LogP contribution is 2.33. The minimum atomic E-state index is -4.58. The van der Waals surface area contributed by atoms with Crippen LogP contribution in [0.2, 0.25) is 0 Å². The second-order valence-electron chi connectivity index (χ2n) is 8.94. The molecule has 0 bridgehead atoms. The summed E-state index contributed by atoms with van der Waals surface area (Å²) in [7, 11) is 0. The van der Waals surface area contributed by atoms with Crippen molar-refractivity contribution in [2.24, 2.45) is 0 Å². The summed E-state index contributed by atoms with van der Waals surface area (Å²) >= 11 is 0. The van der Waals surface area contributed by atoms with E-state index < -0.39 is 17.8 Å². The van der Waals surface area contributed by atoms with Gasteiger partial charge >= 0.3 is 12.1 Å². The molecule has 206 valence electrons. The average molecular weight is 551 g/mol. The standard InChI is InChI=1S/C28H25F3N6O3/c29-28(30,31)25-18-33-27(35-25)22-6-7-24(40-14-2-9-36-10-12-37(19-38)13-11-36)23(16-22)34-26(39)8-5-20-3-1-4-21(15-20)17-32/h1,3-4,6-7,15-16,18-19H,2,9-14H2,(H,33,35)(H,34,39). The quantitative estimate of drug-likeness (QED) is 0.252. The second-order valence-corrected chi connectivity index (χ2v) is 8.94. The third kappa shape index (κ3) is 7.62. The van der Waals surface area contributed by atoms with Gasteiger partial charge in [0, 0.05) is 49.8 Å². The van der Waals surface area contributed by atoms with Crippen molar-refractivity contribution in [1.82, 2.24) is 19.8 Å². The van der Waals surface area contributed by atoms with Crippen LogP contribution in [0.4, 0.5) is 18.9 Å². The predicted molar refractivity (Wildman–Crippen MR) is 140 cm³/mol. The Morgan fingerprint density at radius 3 is 2.62 bits per heavy atom. The van der Waals surface area contributed by atoms with Crippen LogP contribution in [-0.4, -0.2) is 71.4 Å². The summed E-state index contributed by atoms with van der Waals surface area (Å²) in [6.45, 7) is 3.97. The zero-order valence-electron chi connectivity index (χ0n) is 21.3. The molecular weight excluding hydrogens is 525 g/mol. The van der Waals surface area contributed by atoms with Gasteiger partial charge in [-0.1, -0.05) is 12.0 Å². The number of halogens is 3. The van der Waals surface area contributed by atoms with E-state index >= 15 is 0 Å². The lowest BCUT2D eigenvalue weighted by Crippen LogP contribution is -2.46. The Kier molecular flexibility index (Phi) is 9.04. The van der Waals surface area contributed by atoms with Crippen molar-refractivity contribution >= 4 is 18.0 Å². The van der Waals surface area contributed by atoms with Gasteiger partial charge in [-0.25, -0.2) is 4.98 Å². The van der Waals surface area contributed by atoms with Crippen LogP contribution in [0.15, 0.2) is 48.7 Å². The molecule has 1 fully saturated rings. The Hall–Kier alpha value is -4.81. The number of ether oxygens (including phenoxy) is 1. The summed E-state index contributed by atoms with van der Waals surface area (Å²) in [4.78, 5) is 33.5. The number of nitriles is 1. The van der Waals surface area contributed by atoms with Gasteiger partial charge in [-0.3, -0.25) is 14.5 Å². The number of anilines is 1. The van der Waals surface area contributed by atoms with E-state index in [0.717, 1.165) is 26.0 Å². The van der Waals surface area contributed by atoms with Crippen molar-refractivity contribution in [2.45, 2.75) is 12.6 Å². The summed E-state index contributed by atoms with van der Waals surface area (Å²) in [5.74, 6) is 4.77. The van der Waals surface area contributed by atoms with Crippen molar-refractivity contribution in [3.05, 3.63) is 65.5 Å². The molecule has 2 amide bonds. The monoisotopic (exact) mass is 550 g/mol. The Labute approximate surface area is 228 Å². The number of rotatable bonds is 8. The maximum Gasteiger partial charge on any atom is 0.432 e. The molecule has 1 aliphatic heterocycles. The van der Waals surface area contributed by atoms with Crippen LogP contribution in [0.5, 0.6) is 5.75 Å². The number of H-pyrrole nitrogens is 1. The number of carbonyl (C=O) groups excluding carboxylic acids is 2. The molecule has 1 aromatic heterocycles. The topological polar surface area (TPSA) is 114 Å². The number of alkyl halides is 3. The van der Waals surface area contributed by atoms with Gasteiger partial charge < -0.3 is 19.9 Å². The smallest absolute Gasteiger partial charge is 0.432 e. The molecule has 1 aliphatic rings. The fraction of sp³-hybridized carbons (Fsp3) is 0.286. The second kappa shape index (κ2) is 12.8. The largest absolute Gasteiger partial charge is 0.491 e. The first-order valence-electron chi connectivity index (χ1n) is 12.4. The zero-order valence-corrected chi connectivity index (χ0v) is 21.3. The van der Waals surface area contributed by atoms with Gasteiger partial charge in [0.15, 0.2) is 0 Å². The lowest BCUT2D eigenvalue weighted by molar-refractivity contribution is -0.140. The highest BCUT2D eigenvalue weighted by atomic mass is 19.4. The normalized spacial score (nSPS) is 13.6. The first-order valence-corrected chi connectivity index (χ1v) is 12.4. The summed E-state index contributed by atoms with van der Waals surface area (Å²) in [5.41, 5.74) is 0.405. The van der Waals surface area contributed by atoms with Crippen LogP contribution < -0.4 is 10.1 Å². The molecular formula is C28H25F3N6O3. The number of benzene rings is 2. The number of imidazole rings is 1. The molecule has 0 saturated carbocycles. The Morgan fingerprint density at radius 1 is 1.15 bits per heavy atom. The maximum atomic E-state index is 13.0. The molecule has 3 aromatic rings. The molecule has 9 nitrogen and oxygen atoms in total. The highest BCUT2D eigenvalue weighted by molar-refractivity contribution is 6.05. The molecule has 0 spiro atoms. The number of aromatic amines is 1. The summed E-state index contributed by atoms with van der Waals surface area (Å²) in [5, 5.41) is 11.7. The molecule has 2 N–H and O–H groups in total. The number of piperazine rings is 1. The summed E-state index contributed by atoms with van der Waals surface area (Å²) < 4.78 is 45.1. The fourth-order valence-corrected chi connectivity index (χ4v) is 4.02. The molecule has 12 heteroatoms. The molecule has 2 heterocycles. The van der Waals surface area contributed by atoms with Crippen LogP contribution in [0.25, 0.3) is 11.4 Å². The van der Waals surface area contributed by atoms with E-state index in [1.165, 1.54) is 6.07 Å². The molecule has 4 rings (SSSR count). The van der Waals surface area contributed by atoms with Crippen molar-refractivity contribution in [1.29, 1.82) is 5.26 Å². The van der Waals surface area contributed by atoms with Crippen molar-refractivity contribution in [3.8, 4) is 35.0 Å². The van der Waals surface area contributed by atoms with Crippen LogP contribution >= 0.6 is 0 Å². The first-order chi connectivity index (χ1) is 19.2. The minimum Gasteiger partial charge on any atom is -0.491 e. The third-order valence-electron chi connectivity index (χ3n) is 6.13. The highest BCUT2D eigenvalue weighted by Gasteiger charge is 2.33. The average Bonchev–Trinajstić information content (AvgIpc) is 3.47. The number of carbonyl (C=O) groups is 2. The minimum absolute atomic E-state index is 0.0248. The van der Waals surface area contributed by atoms with Gasteiger partial charge in [-0.15, -0.1) is 0 Å². The number of hydrogen-bond acceptors (Lipinski definition) is 6. The van der Waals surface area contributed by atoms with Gasteiger partial charge in [-0.05, 0) is 42.8 Å². The summed E-state index contributed by atoms with van der Waals surface area (Å²) in [6.07, 6.45) is -2.35. The number of aromatic nitrogens is 2. The Bertz CT molecular complexity index is 1460. The van der Waals surface area contributed by atoms with E-state index in [2.05, 4.69) is 32.0 Å². The lowest BCUT2D eigenvalue weighted by Gasteiger charge is -2.32. The van der Waals surface area contributed by atoms with Crippen LogP contribution in [0.1, 0.15) is 23.2 Å². The van der Waals surface area contributed by atoms with E-state index in [9.17, 15) is 22.8 Å². The van der Waals surface area contributed by atoms with Crippen molar-refractivity contribution in [2.75, 3.05) is 44.6 Å². The zero-order chi connectivity index (χ0) is 28.5. The molecule has 1 saturated heterocycles. The molecule has 0 unspecified atom stereocenters. The number of nitrogens with one attached hydrogen (secondary N) is 2. The van der Waals surface area contributed by atoms with Gasteiger partial charge in [0.05, 0.1) is 30.1 Å². The molecule has 2 aromatic carbocycles. The lowest BCUT2D eigenvalue weighted by atomic mass is 10.1. The first kappa shape index (κ1) is 28.2. The number of amides is 2. The molecule has 40 heavy (non-hydrogen) atoms. The van der Waals surface area contributed by atoms with E-state index in [-0.39, 0.29) is 11.5 Å². The van der Waals surface area contributed by atoms with E-state index in [1.807, 2.05) is 6.07 Å². The van der Waals surface area contributed by atoms with Crippen LogP contribution in [-0.2, 0) is 15.8 Å². The van der Waals surface area contributed by atoms with Crippen molar-refractivity contribution in [3.63, 3.8) is 0 Å². The van der Waals surface area contributed by atoms with Crippen molar-refractivity contribution < 1.29 is 27.5 Å². The van der Waals surface area contributed by atoms with E-state index in [1.54, 1.807) is 41.3 Å². The van der Waals surface area contributed by atoms with Gasteiger partial charge in [-0.2, -0.15) is 18.4 Å². The number of nitrogens with zero attached hydrogens (tertiary/aromatic N) is 4. The molecule has 0 aliphatic carbocycles. The Morgan fingerprint density at radius 2 is 1.93 bits per heavy atom. The third-order valence-corrected chi connectivity index (χ3v) is 6.13. The molecule has 0 radical (unpaired) electrons. The summed E-state index contributed by atoms with van der Waals surface area (Å²) in [6, 6.07) is 13.0.